The van der Waals surface area contributed by atoms with Gasteiger partial charge in [-0.25, -0.2) is 9.59 Å². The molecule has 3 rings (SSSR count). The van der Waals surface area contributed by atoms with E-state index in [1.54, 1.807) is 30.3 Å². The van der Waals surface area contributed by atoms with Crippen LogP contribution in [0.3, 0.4) is 0 Å². The van der Waals surface area contributed by atoms with Crippen molar-refractivity contribution in [3.63, 3.8) is 0 Å². The molecule has 0 atom stereocenters. The number of benzene rings is 2. The van der Waals surface area contributed by atoms with Crippen LogP contribution in [0.5, 0.6) is 11.5 Å². The number of amides is 1. The highest BCUT2D eigenvalue weighted by Crippen LogP contribution is 2.27. The standard InChI is InChI=1S/C20H16ClNO7/c1-26-16-6-4-13(21)8-15(16)22-18(23)10-28-20(25)11-27-14-5-2-12-3-7-19(24)29-17(12)9-14/h2-9H,10-11H2,1H3,(H,22,23). The average molecular weight is 418 g/mol. The van der Waals surface area contributed by atoms with Crippen molar-refractivity contribution in [3.8, 4) is 11.5 Å². The molecule has 1 heterocycles. The van der Waals surface area contributed by atoms with Crippen LogP contribution in [-0.4, -0.2) is 32.2 Å². The molecule has 0 aliphatic heterocycles. The Balaban J connectivity index is 1.50. The second-order valence-electron chi connectivity index (χ2n) is 5.80. The number of carbonyl (C=O) groups is 2. The first-order valence-corrected chi connectivity index (χ1v) is 8.78. The molecule has 1 amide bonds. The number of hydrogen-bond donors (Lipinski definition) is 1. The second-order valence-corrected chi connectivity index (χ2v) is 6.23. The summed E-state index contributed by atoms with van der Waals surface area (Å²) in [5, 5.41) is 3.68. The number of rotatable bonds is 7. The van der Waals surface area contributed by atoms with Crippen molar-refractivity contribution in [2.75, 3.05) is 25.6 Å². The molecule has 8 nitrogen and oxygen atoms in total. The van der Waals surface area contributed by atoms with Crippen LogP contribution in [0.1, 0.15) is 0 Å². The molecule has 9 heteroatoms. The van der Waals surface area contributed by atoms with Crippen LogP contribution in [0.25, 0.3) is 11.0 Å². The fraction of sp³-hybridized carbons (Fsp3) is 0.150. The molecule has 0 unspecified atom stereocenters. The number of esters is 1. The summed E-state index contributed by atoms with van der Waals surface area (Å²) in [6.45, 7) is -0.930. The molecule has 150 valence electrons. The van der Waals surface area contributed by atoms with E-state index in [0.717, 1.165) is 0 Å². The second kappa shape index (κ2) is 9.11. The van der Waals surface area contributed by atoms with Crippen molar-refractivity contribution >= 4 is 40.1 Å². The molecule has 0 radical (unpaired) electrons. The van der Waals surface area contributed by atoms with Gasteiger partial charge in [0.25, 0.3) is 5.91 Å². The van der Waals surface area contributed by atoms with E-state index in [4.69, 9.17) is 30.2 Å². The molecule has 29 heavy (non-hydrogen) atoms. The van der Waals surface area contributed by atoms with Crippen molar-refractivity contribution in [3.05, 3.63) is 64.0 Å². The van der Waals surface area contributed by atoms with Crippen LogP contribution < -0.4 is 20.4 Å². The summed E-state index contributed by atoms with van der Waals surface area (Å²) in [5.74, 6) is -0.573. The molecule has 3 aromatic rings. The van der Waals surface area contributed by atoms with Gasteiger partial charge in [0.15, 0.2) is 13.2 Å². The van der Waals surface area contributed by atoms with Gasteiger partial charge in [-0.2, -0.15) is 0 Å². The zero-order valence-electron chi connectivity index (χ0n) is 15.3. The Morgan fingerprint density at radius 1 is 1.07 bits per heavy atom. The van der Waals surface area contributed by atoms with E-state index >= 15 is 0 Å². The third-order valence-electron chi connectivity index (χ3n) is 3.75. The molecular formula is C20H16ClNO7. The first kappa shape index (κ1) is 20.2. The van der Waals surface area contributed by atoms with Gasteiger partial charge in [0.2, 0.25) is 0 Å². The number of methoxy groups -OCH3 is 1. The zero-order valence-corrected chi connectivity index (χ0v) is 16.0. The summed E-state index contributed by atoms with van der Waals surface area (Å²) < 4.78 is 20.4. The molecule has 0 bridgehead atoms. The third kappa shape index (κ3) is 5.49. The number of hydrogen-bond acceptors (Lipinski definition) is 7. The van der Waals surface area contributed by atoms with Crippen LogP contribution in [0.2, 0.25) is 5.02 Å². The largest absolute Gasteiger partial charge is 0.495 e. The highest BCUT2D eigenvalue weighted by molar-refractivity contribution is 6.31. The SMILES string of the molecule is COc1ccc(Cl)cc1NC(=O)COC(=O)COc1ccc2ccc(=O)oc2c1. The summed E-state index contributed by atoms with van der Waals surface area (Å²) in [6, 6.07) is 12.5. The van der Waals surface area contributed by atoms with Gasteiger partial charge in [-0.3, -0.25) is 4.79 Å². The molecule has 2 aromatic carbocycles. The van der Waals surface area contributed by atoms with Crippen LogP contribution in [0.15, 0.2) is 57.7 Å². The fourth-order valence-electron chi connectivity index (χ4n) is 2.42. The van der Waals surface area contributed by atoms with Crippen LogP contribution in [0, 0.1) is 0 Å². The molecule has 1 N–H and O–H groups in total. The number of carbonyl (C=O) groups excluding carboxylic acids is 2. The van der Waals surface area contributed by atoms with Gasteiger partial charge < -0.3 is 23.9 Å². The van der Waals surface area contributed by atoms with Crippen LogP contribution in [-0.2, 0) is 14.3 Å². The molecule has 0 saturated carbocycles. The smallest absolute Gasteiger partial charge is 0.344 e. The maximum Gasteiger partial charge on any atom is 0.344 e. The highest BCUT2D eigenvalue weighted by Gasteiger charge is 2.12. The van der Waals surface area contributed by atoms with Crippen LogP contribution in [0.4, 0.5) is 5.69 Å². The molecular weight excluding hydrogens is 402 g/mol. The van der Waals surface area contributed by atoms with Gasteiger partial charge in [0.1, 0.15) is 17.1 Å². The Kier molecular flexibility index (Phi) is 6.36. The molecule has 0 aliphatic rings. The predicted molar refractivity (Wildman–Crippen MR) is 106 cm³/mol. The highest BCUT2D eigenvalue weighted by atomic mass is 35.5. The molecule has 0 spiro atoms. The Labute approximate surface area is 169 Å². The minimum atomic E-state index is -0.743. The monoisotopic (exact) mass is 417 g/mol. The van der Waals surface area contributed by atoms with Crippen molar-refractivity contribution in [2.45, 2.75) is 0 Å². The van der Waals surface area contributed by atoms with E-state index in [2.05, 4.69) is 5.32 Å². The number of anilines is 1. The van der Waals surface area contributed by atoms with E-state index in [-0.39, 0.29) is 0 Å². The molecule has 0 fully saturated rings. The van der Waals surface area contributed by atoms with Gasteiger partial charge in [-0.15, -0.1) is 0 Å². The zero-order chi connectivity index (χ0) is 20.8. The van der Waals surface area contributed by atoms with Crippen LogP contribution >= 0.6 is 11.6 Å². The lowest BCUT2D eigenvalue weighted by Crippen LogP contribution is -2.23. The minimum absolute atomic E-state index is 0.317. The summed E-state index contributed by atoms with van der Waals surface area (Å²) >= 11 is 5.90. The lowest BCUT2D eigenvalue weighted by atomic mass is 10.2. The lowest BCUT2D eigenvalue weighted by Gasteiger charge is -2.11. The number of nitrogens with one attached hydrogen (secondary N) is 1. The third-order valence-corrected chi connectivity index (χ3v) is 3.99. The van der Waals surface area contributed by atoms with Gasteiger partial charge in [-0.05, 0) is 36.4 Å². The Morgan fingerprint density at radius 3 is 2.66 bits per heavy atom. The number of ether oxygens (including phenoxy) is 3. The van der Waals surface area contributed by atoms with E-state index in [9.17, 15) is 14.4 Å². The van der Waals surface area contributed by atoms with Gasteiger partial charge >= 0.3 is 11.6 Å². The van der Waals surface area contributed by atoms with E-state index < -0.39 is 30.7 Å². The summed E-state index contributed by atoms with van der Waals surface area (Å²) in [5.41, 5.74) is 0.199. The minimum Gasteiger partial charge on any atom is -0.495 e. The average Bonchev–Trinajstić information content (AvgIpc) is 2.70. The Hall–Kier alpha value is -3.52. The molecule has 0 saturated heterocycles. The van der Waals surface area contributed by atoms with E-state index in [1.807, 2.05) is 0 Å². The summed E-state index contributed by atoms with van der Waals surface area (Å²) in [7, 11) is 1.45. The lowest BCUT2D eigenvalue weighted by molar-refractivity contribution is -0.149. The van der Waals surface area contributed by atoms with Gasteiger partial charge in [0, 0.05) is 22.5 Å². The van der Waals surface area contributed by atoms with E-state index in [1.165, 1.54) is 25.3 Å². The van der Waals surface area contributed by atoms with Crippen molar-refractivity contribution in [1.29, 1.82) is 0 Å². The molecule has 1 aromatic heterocycles. The maximum atomic E-state index is 12.0. The first-order chi connectivity index (χ1) is 13.9. The fourth-order valence-corrected chi connectivity index (χ4v) is 2.60. The Morgan fingerprint density at radius 2 is 1.86 bits per heavy atom. The van der Waals surface area contributed by atoms with Crippen molar-refractivity contribution < 1.29 is 28.2 Å². The van der Waals surface area contributed by atoms with Gasteiger partial charge in [-0.1, -0.05) is 11.6 Å². The normalized spacial score (nSPS) is 10.4. The molecule has 0 aliphatic carbocycles. The van der Waals surface area contributed by atoms with Crippen molar-refractivity contribution in [1.82, 2.24) is 0 Å². The topological polar surface area (TPSA) is 104 Å². The predicted octanol–water partition coefficient (Wildman–Crippen LogP) is 3.02. The maximum absolute atomic E-state index is 12.0. The summed E-state index contributed by atoms with van der Waals surface area (Å²) in [4.78, 5) is 35.1. The van der Waals surface area contributed by atoms with Crippen molar-refractivity contribution in [2.24, 2.45) is 0 Å². The Bertz CT molecular complexity index is 1110. The summed E-state index contributed by atoms with van der Waals surface area (Å²) in [6.07, 6.45) is 0. The quantitative estimate of drug-likeness (QED) is 0.465. The first-order valence-electron chi connectivity index (χ1n) is 8.40. The number of halogens is 1. The van der Waals surface area contributed by atoms with Gasteiger partial charge in [0.05, 0.1) is 12.8 Å². The van der Waals surface area contributed by atoms with E-state index in [0.29, 0.717) is 33.2 Å². The number of fused-ring (bicyclic) bond motifs is 1.